The highest BCUT2D eigenvalue weighted by Gasteiger charge is 2.33. The van der Waals surface area contributed by atoms with Gasteiger partial charge in [-0.15, -0.1) is 5.10 Å². The van der Waals surface area contributed by atoms with Crippen molar-refractivity contribution in [3.8, 4) is 11.1 Å². The van der Waals surface area contributed by atoms with E-state index in [1.807, 2.05) is 56.2 Å². The smallest absolute Gasteiger partial charge is 0.410 e. The van der Waals surface area contributed by atoms with Crippen LogP contribution in [0.15, 0.2) is 59.0 Å². The van der Waals surface area contributed by atoms with Crippen LogP contribution in [0.25, 0.3) is 28.1 Å². The summed E-state index contributed by atoms with van der Waals surface area (Å²) in [5.74, 6) is 0.964. The van der Waals surface area contributed by atoms with Gasteiger partial charge in [-0.25, -0.2) is 9.78 Å². The van der Waals surface area contributed by atoms with Crippen LogP contribution < -0.4 is 0 Å². The Morgan fingerprint density at radius 2 is 2.05 bits per heavy atom. The summed E-state index contributed by atoms with van der Waals surface area (Å²) in [6, 6.07) is 8.18. The predicted molar refractivity (Wildman–Crippen MR) is 147 cm³/mol. The molecule has 0 aliphatic carbocycles. The molecule has 0 spiro atoms. The number of hydrogen-bond donors (Lipinski definition) is 2. The number of hydrogen-bond acceptors (Lipinski definition) is 8. The minimum atomic E-state index is -0.482. The Hall–Kier alpha value is -3.99. The molecular formula is C27H30N8O2S. The van der Waals surface area contributed by atoms with E-state index in [0.29, 0.717) is 35.7 Å². The van der Waals surface area contributed by atoms with Gasteiger partial charge in [0.2, 0.25) is 5.16 Å². The number of pyridine rings is 1. The molecule has 1 saturated heterocycles. The average molecular weight is 531 g/mol. The molecule has 0 unspecified atom stereocenters. The maximum atomic E-state index is 12.2. The van der Waals surface area contributed by atoms with Gasteiger partial charge in [-0.1, -0.05) is 0 Å². The quantitative estimate of drug-likeness (QED) is 0.311. The number of nitrogens with zero attached hydrogens (tertiary/aromatic N) is 6. The molecule has 1 aromatic carbocycles. The number of H-pyrrole nitrogens is 1. The molecular weight excluding hydrogens is 500 g/mol. The highest BCUT2D eigenvalue weighted by Crippen LogP contribution is 2.30. The first-order valence-corrected chi connectivity index (χ1v) is 13.2. The summed E-state index contributed by atoms with van der Waals surface area (Å²) in [5.41, 5.74) is 2.86. The molecule has 4 heterocycles. The van der Waals surface area contributed by atoms with E-state index >= 15 is 0 Å². The normalized spacial score (nSPS) is 14.3. The number of fused-ring (bicyclic) bond motifs is 1. The van der Waals surface area contributed by atoms with Gasteiger partial charge in [-0.05, 0) is 75.9 Å². The van der Waals surface area contributed by atoms with Crippen molar-refractivity contribution in [1.29, 1.82) is 5.41 Å². The summed E-state index contributed by atoms with van der Waals surface area (Å²) in [6.07, 6.45) is 8.89. The zero-order valence-corrected chi connectivity index (χ0v) is 22.6. The van der Waals surface area contributed by atoms with E-state index in [4.69, 9.17) is 10.1 Å². The minimum absolute atomic E-state index is 0.257. The second-order valence-electron chi connectivity index (χ2n) is 10.4. The lowest BCUT2D eigenvalue weighted by atomic mass is 10.0. The third-order valence-corrected chi connectivity index (χ3v) is 6.71. The Labute approximate surface area is 225 Å². The Bertz CT molecular complexity index is 1510. The number of aromatic amines is 1. The first kappa shape index (κ1) is 25.7. The lowest BCUT2D eigenvalue weighted by molar-refractivity contribution is -0.00383. The van der Waals surface area contributed by atoms with Crippen molar-refractivity contribution in [2.75, 3.05) is 13.1 Å². The Balaban J connectivity index is 1.23. The summed E-state index contributed by atoms with van der Waals surface area (Å²) in [7, 11) is 0. The lowest BCUT2D eigenvalue weighted by Crippen LogP contribution is -2.52. The van der Waals surface area contributed by atoms with E-state index < -0.39 is 5.60 Å². The van der Waals surface area contributed by atoms with Crippen molar-refractivity contribution >= 4 is 40.5 Å². The standard InChI is InChI=1S/C27H30N8O2S/c1-17(28)5-8-24-31-25(33-32-24)38-22-6-7-23-19(10-22)9-20(11-29-23)21-12-30-35(16-21)15-18-13-34(14-18)26(36)37-27(2,3)4/h5-12,16,18,28H,13-15H2,1-4H3,(H,31,32,33)/b8-5-,28-17?. The lowest BCUT2D eigenvalue weighted by Gasteiger charge is -2.39. The molecule has 4 aromatic rings. The molecule has 0 bridgehead atoms. The van der Waals surface area contributed by atoms with E-state index in [9.17, 15) is 4.79 Å². The van der Waals surface area contributed by atoms with Gasteiger partial charge in [-0.3, -0.25) is 14.8 Å². The van der Waals surface area contributed by atoms with Gasteiger partial charge in [0.15, 0.2) is 0 Å². The van der Waals surface area contributed by atoms with Crippen LogP contribution >= 0.6 is 11.8 Å². The summed E-state index contributed by atoms with van der Waals surface area (Å²) in [5, 5.41) is 20.8. The number of carbonyl (C=O) groups excluding carboxylic acids is 1. The van der Waals surface area contributed by atoms with Crippen LogP contribution in [0.2, 0.25) is 0 Å². The molecule has 11 heteroatoms. The number of allylic oxidation sites excluding steroid dienone is 1. The second-order valence-corrected chi connectivity index (χ2v) is 11.4. The maximum Gasteiger partial charge on any atom is 0.410 e. The van der Waals surface area contributed by atoms with E-state index in [0.717, 1.165) is 33.5 Å². The molecule has 1 amide bonds. The topological polar surface area (TPSA) is 126 Å². The number of likely N-dealkylation sites (tertiary alicyclic amines) is 1. The molecule has 196 valence electrons. The average Bonchev–Trinajstić information content (AvgIpc) is 3.47. The van der Waals surface area contributed by atoms with E-state index in [1.165, 1.54) is 11.8 Å². The Morgan fingerprint density at radius 1 is 1.24 bits per heavy atom. The third-order valence-electron chi connectivity index (χ3n) is 5.86. The number of amides is 1. The van der Waals surface area contributed by atoms with Gasteiger partial charge in [-0.2, -0.15) is 5.10 Å². The van der Waals surface area contributed by atoms with Gasteiger partial charge in [0, 0.05) is 65.1 Å². The van der Waals surface area contributed by atoms with Crippen LogP contribution in [-0.4, -0.2) is 65.3 Å². The van der Waals surface area contributed by atoms with E-state index in [1.54, 1.807) is 24.0 Å². The van der Waals surface area contributed by atoms with Gasteiger partial charge in [0.25, 0.3) is 0 Å². The molecule has 2 N–H and O–H groups in total. The van der Waals surface area contributed by atoms with Gasteiger partial charge in [0.05, 0.1) is 11.7 Å². The largest absolute Gasteiger partial charge is 0.444 e. The van der Waals surface area contributed by atoms with Crippen molar-refractivity contribution in [2.24, 2.45) is 5.92 Å². The van der Waals surface area contributed by atoms with Crippen molar-refractivity contribution in [1.82, 2.24) is 34.8 Å². The molecule has 0 radical (unpaired) electrons. The van der Waals surface area contributed by atoms with Crippen LogP contribution in [0.1, 0.15) is 33.5 Å². The van der Waals surface area contributed by atoms with Crippen LogP contribution in [0.4, 0.5) is 4.79 Å². The first-order chi connectivity index (χ1) is 18.1. The number of carbonyl (C=O) groups is 1. The number of aromatic nitrogens is 6. The minimum Gasteiger partial charge on any atom is -0.444 e. The fourth-order valence-electron chi connectivity index (χ4n) is 4.06. The highest BCUT2D eigenvalue weighted by atomic mass is 32.2. The Morgan fingerprint density at radius 3 is 2.82 bits per heavy atom. The number of rotatable bonds is 7. The molecule has 5 rings (SSSR count). The fourth-order valence-corrected chi connectivity index (χ4v) is 4.82. The van der Waals surface area contributed by atoms with Crippen molar-refractivity contribution in [2.45, 2.75) is 49.9 Å². The summed E-state index contributed by atoms with van der Waals surface area (Å²) in [6.45, 7) is 9.43. The van der Waals surface area contributed by atoms with E-state index in [2.05, 4.69) is 37.4 Å². The number of benzene rings is 1. The van der Waals surface area contributed by atoms with Crippen molar-refractivity contribution in [3.05, 3.63) is 54.8 Å². The first-order valence-electron chi connectivity index (χ1n) is 12.4. The van der Waals surface area contributed by atoms with Gasteiger partial charge in [0.1, 0.15) is 11.4 Å². The zero-order valence-electron chi connectivity index (χ0n) is 21.8. The molecule has 38 heavy (non-hydrogen) atoms. The maximum absolute atomic E-state index is 12.2. The second kappa shape index (κ2) is 10.4. The number of nitrogens with one attached hydrogen (secondary N) is 2. The number of ether oxygens (including phenoxy) is 1. The molecule has 0 atom stereocenters. The third kappa shape index (κ3) is 6.28. The summed E-state index contributed by atoms with van der Waals surface area (Å²) in [4.78, 5) is 24.0. The SMILES string of the molecule is CC(=N)/C=C\c1nc(Sc2ccc3ncc(-c4cnn(CC5CN(C(=O)OC(C)(C)C)C5)c4)cc3c2)n[nH]1. The van der Waals surface area contributed by atoms with Gasteiger partial charge < -0.3 is 15.0 Å². The van der Waals surface area contributed by atoms with Crippen LogP contribution in [-0.2, 0) is 11.3 Å². The Kier molecular flexibility index (Phi) is 7.02. The summed E-state index contributed by atoms with van der Waals surface area (Å²) >= 11 is 1.46. The van der Waals surface area contributed by atoms with E-state index in [-0.39, 0.29) is 6.09 Å². The highest BCUT2D eigenvalue weighted by molar-refractivity contribution is 7.99. The predicted octanol–water partition coefficient (Wildman–Crippen LogP) is 5.29. The van der Waals surface area contributed by atoms with Gasteiger partial charge >= 0.3 is 6.09 Å². The monoisotopic (exact) mass is 530 g/mol. The fraction of sp³-hybridized carbons (Fsp3) is 0.333. The molecule has 1 fully saturated rings. The summed E-state index contributed by atoms with van der Waals surface area (Å²) < 4.78 is 7.36. The molecule has 1 aliphatic heterocycles. The molecule has 1 aliphatic rings. The van der Waals surface area contributed by atoms with Crippen LogP contribution in [0.5, 0.6) is 0 Å². The van der Waals surface area contributed by atoms with Crippen LogP contribution in [0.3, 0.4) is 0 Å². The zero-order chi connectivity index (χ0) is 26.9. The van der Waals surface area contributed by atoms with Crippen molar-refractivity contribution < 1.29 is 9.53 Å². The molecule has 10 nitrogen and oxygen atoms in total. The molecule has 0 saturated carbocycles. The van der Waals surface area contributed by atoms with Crippen LogP contribution in [0, 0.1) is 11.3 Å². The molecule has 3 aromatic heterocycles. The van der Waals surface area contributed by atoms with Crippen molar-refractivity contribution in [3.63, 3.8) is 0 Å².